The van der Waals surface area contributed by atoms with Crippen LogP contribution in [0.2, 0.25) is 0 Å². The van der Waals surface area contributed by atoms with Crippen molar-refractivity contribution in [1.29, 1.82) is 0 Å². The molecule has 162 valence electrons. The van der Waals surface area contributed by atoms with E-state index in [9.17, 15) is 19.1 Å². The molecule has 1 N–H and O–H groups in total. The van der Waals surface area contributed by atoms with E-state index < -0.39 is 17.6 Å². The number of aryl methyl sites for hydroxylation is 2. The number of hydrogen-bond acceptors (Lipinski definition) is 4. The van der Waals surface area contributed by atoms with Crippen LogP contribution in [0.1, 0.15) is 35.1 Å². The zero-order chi connectivity index (χ0) is 22.1. The van der Waals surface area contributed by atoms with Gasteiger partial charge in [0, 0.05) is 25.3 Å². The molecule has 2 heterocycles. The van der Waals surface area contributed by atoms with Crippen molar-refractivity contribution >= 4 is 17.4 Å². The molecule has 0 bridgehead atoms. The Morgan fingerprint density at radius 2 is 1.87 bits per heavy atom. The van der Waals surface area contributed by atoms with Crippen LogP contribution in [-0.4, -0.2) is 46.4 Å². The summed E-state index contributed by atoms with van der Waals surface area (Å²) in [6.07, 6.45) is 1.73. The van der Waals surface area contributed by atoms with Crippen molar-refractivity contribution in [2.75, 3.05) is 19.7 Å². The second-order valence-electron chi connectivity index (χ2n) is 8.47. The van der Waals surface area contributed by atoms with Crippen LogP contribution in [0.5, 0.6) is 0 Å². The zero-order valence-corrected chi connectivity index (χ0v) is 17.9. The van der Waals surface area contributed by atoms with E-state index in [1.54, 1.807) is 18.2 Å². The van der Waals surface area contributed by atoms with Crippen molar-refractivity contribution in [3.8, 4) is 0 Å². The van der Waals surface area contributed by atoms with E-state index in [0.717, 1.165) is 34.4 Å². The molecular weight excluding hydrogens is 395 g/mol. The maximum atomic E-state index is 14.3. The van der Waals surface area contributed by atoms with Gasteiger partial charge in [-0.1, -0.05) is 42.0 Å². The van der Waals surface area contributed by atoms with Gasteiger partial charge in [-0.2, -0.15) is 0 Å². The smallest absolute Gasteiger partial charge is 0.278 e. The summed E-state index contributed by atoms with van der Waals surface area (Å²) in [6.45, 7) is 5.01. The van der Waals surface area contributed by atoms with Gasteiger partial charge in [-0.3, -0.25) is 14.5 Å². The Bertz CT molecular complexity index is 1060. The summed E-state index contributed by atoms with van der Waals surface area (Å²) in [5.74, 6) is -1.18. The number of nitrogens with zero attached hydrogens (tertiary/aromatic N) is 2. The standard InChI is InChI=1S/C25H27FN2O3/c1-16-9-10-20(17(2)12-16)22-23(27-11-5-6-18(13-27)15-29)25(31)28(24(22)30)14-19-7-3-4-8-21(19)26/h3-4,7-10,12,18,29H,5-6,11,13-15H2,1-2H3. The third-order valence-corrected chi connectivity index (χ3v) is 6.17. The molecule has 1 unspecified atom stereocenters. The first kappa shape index (κ1) is 21.2. The first-order valence-electron chi connectivity index (χ1n) is 10.7. The fraction of sp³-hybridized carbons (Fsp3) is 0.360. The molecular formula is C25H27FN2O3. The topological polar surface area (TPSA) is 60.9 Å². The number of aliphatic hydroxyl groups excluding tert-OH is 1. The van der Waals surface area contributed by atoms with Crippen molar-refractivity contribution in [2.45, 2.75) is 33.2 Å². The first-order chi connectivity index (χ1) is 14.9. The highest BCUT2D eigenvalue weighted by molar-refractivity contribution is 6.35. The third kappa shape index (κ3) is 4.00. The number of amides is 2. The van der Waals surface area contributed by atoms with Gasteiger partial charge in [-0.25, -0.2) is 4.39 Å². The molecule has 1 saturated heterocycles. The highest BCUT2D eigenvalue weighted by atomic mass is 19.1. The van der Waals surface area contributed by atoms with E-state index in [0.29, 0.717) is 29.9 Å². The minimum absolute atomic E-state index is 0.0454. The molecule has 0 aromatic heterocycles. The van der Waals surface area contributed by atoms with Gasteiger partial charge in [-0.05, 0) is 49.8 Å². The number of hydrogen-bond donors (Lipinski definition) is 1. The molecule has 2 aliphatic heterocycles. The largest absolute Gasteiger partial charge is 0.396 e. The predicted molar refractivity (Wildman–Crippen MR) is 116 cm³/mol. The summed E-state index contributed by atoms with van der Waals surface area (Å²) >= 11 is 0. The molecule has 2 aromatic rings. The minimum Gasteiger partial charge on any atom is -0.396 e. The van der Waals surface area contributed by atoms with E-state index in [1.165, 1.54) is 6.07 Å². The van der Waals surface area contributed by atoms with Crippen LogP contribution in [0.4, 0.5) is 4.39 Å². The van der Waals surface area contributed by atoms with Crippen molar-refractivity contribution < 1.29 is 19.1 Å². The summed E-state index contributed by atoms with van der Waals surface area (Å²) in [5.41, 5.74) is 3.75. The highest BCUT2D eigenvalue weighted by Crippen LogP contribution is 2.36. The molecule has 0 saturated carbocycles. The maximum absolute atomic E-state index is 14.3. The van der Waals surface area contributed by atoms with E-state index in [-0.39, 0.29) is 19.1 Å². The summed E-state index contributed by atoms with van der Waals surface area (Å²) in [5, 5.41) is 9.66. The van der Waals surface area contributed by atoms with Crippen LogP contribution in [0, 0.1) is 25.6 Å². The molecule has 0 aliphatic carbocycles. The number of aliphatic hydroxyl groups is 1. The summed E-state index contributed by atoms with van der Waals surface area (Å²) in [4.78, 5) is 30.1. The molecule has 2 amide bonds. The van der Waals surface area contributed by atoms with Crippen LogP contribution in [0.3, 0.4) is 0 Å². The zero-order valence-electron chi connectivity index (χ0n) is 17.9. The molecule has 1 atom stereocenters. The minimum atomic E-state index is -0.442. The molecule has 31 heavy (non-hydrogen) atoms. The number of likely N-dealkylation sites (tertiary alicyclic amines) is 1. The van der Waals surface area contributed by atoms with Gasteiger partial charge >= 0.3 is 0 Å². The Morgan fingerprint density at radius 3 is 2.58 bits per heavy atom. The Balaban J connectivity index is 1.78. The SMILES string of the molecule is Cc1ccc(C2=C(N3CCCC(CO)C3)C(=O)N(Cc3ccccc3F)C2=O)c(C)c1. The lowest BCUT2D eigenvalue weighted by molar-refractivity contribution is -0.138. The summed E-state index contributed by atoms with van der Waals surface area (Å²) < 4.78 is 14.3. The van der Waals surface area contributed by atoms with Crippen molar-refractivity contribution in [1.82, 2.24) is 9.80 Å². The first-order valence-corrected chi connectivity index (χ1v) is 10.7. The molecule has 0 spiro atoms. The average Bonchev–Trinajstić information content (AvgIpc) is 3.00. The van der Waals surface area contributed by atoms with Gasteiger partial charge in [0.1, 0.15) is 11.5 Å². The van der Waals surface area contributed by atoms with Crippen molar-refractivity contribution in [3.05, 3.63) is 76.2 Å². The number of carbonyl (C=O) groups is 2. The summed E-state index contributed by atoms with van der Waals surface area (Å²) in [7, 11) is 0. The molecule has 2 aliphatic rings. The predicted octanol–water partition coefficient (Wildman–Crippen LogP) is 3.43. The second kappa shape index (κ2) is 8.63. The Labute approximate surface area is 181 Å². The van der Waals surface area contributed by atoms with Crippen LogP contribution in [0.15, 0.2) is 48.2 Å². The number of benzene rings is 2. The van der Waals surface area contributed by atoms with E-state index in [2.05, 4.69) is 0 Å². The number of carbonyl (C=O) groups excluding carboxylic acids is 2. The fourth-order valence-electron chi connectivity index (χ4n) is 4.55. The monoisotopic (exact) mass is 422 g/mol. The van der Waals surface area contributed by atoms with Crippen LogP contribution in [-0.2, 0) is 16.1 Å². The van der Waals surface area contributed by atoms with Gasteiger partial charge in [0.25, 0.3) is 11.8 Å². The molecule has 5 nitrogen and oxygen atoms in total. The lowest BCUT2D eigenvalue weighted by Crippen LogP contribution is -2.40. The highest BCUT2D eigenvalue weighted by Gasteiger charge is 2.43. The van der Waals surface area contributed by atoms with E-state index >= 15 is 0 Å². The number of piperidine rings is 1. The Morgan fingerprint density at radius 1 is 1.10 bits per heavy atom. The molecule has 0 radical (unpaired) electrons. The lowest BCUT2D eigenvalue weighted by Gasteiger charge is -2.34. The number of halogens is 1. The molecule has 6 heteroatoms. The van der Waals surface area contributed by atoms with Gasteiger partial charge in [0.15, 0.2) is 0 Å². The third-order valence-electron chi connectivity index (χ3n) is 6.17. The number of imide groups is 1. The quantitative estimate of drug-likeness (QED) is 0.750. The van der Waals surface area contributed by atoms with Crippen molar-refractivity contribution in [2.24, 2.45) is 5.92 Å². The van der Waals surface area contributed by atoms with E-state index in [4.69, 9.17) is 0 Å². The van der Waals surface area contributed by atoms with Crippen molar-refractivity contribution in [3.63, 3.8) is 0 Å². The van der Waals surface area contributed by atoms with Gasteiger partial charge < -0.3 is 10.0 Å². The van der Waals surface area contributed by atoms with Gasteiger partial charge in [-0.15, -0.1) is 0 Å². The second-order valence-corrected chi connectivity index (χ2v) is 8.47. The normalized spacial score (nSPS) is 19.5. The summed E-state index contributed by atoms with van der Waals surface area (Å²) in [6, 6.07) is 12.0. The average molecular weight is 423 g/mol. The molecule has 1 fully saturated rings. The van der Waals surface area contributed by atoms with Crippen LogP contribution in [0.25, 0.3) is 5.57 Å². The maximum Gasteiger partial charge on any atom is 0.278 e. The molecule has 2 aromatic carbocycles. The fourth-order valence-corrected chi connectivity index (χ4v) is 4.55. The van der Waals surface area contributed by atoms with Gasteiger partial charge in [0.2, 0.25) is 0 Å². The van der Waals surface area contributed by atoms with Crippen LogP contribution < -0.4 is 0 Å². The number of rotatable bonds is 5. The lowest BCUT2D eigenvalue weighted by atomic mass is 9.95. The van der Waals surface area contributed by atoms with E-state index in [1.807, 2.05) is 36.9 Å². The Hall–Kier alpha value is -2.99. The molecule has 4 rings (SSSR count). The Kier molecular flexibility index (Phi) is 5.92. The van der Waals surface area contributed by atoms with Gasteiger partial charge in [0.05, 0.1) is 12.1 Å². The van der Waals surface area contributed by atoms with Crippen LogP contribution >= 0.6 is 0 Å².